The molecule has 0 atom stereocenters. The third-order valence-electron chi connectivity index (χ3n) is 3.80. The van der Waals surface area contributed by atoms with Crippen LogP contribution in [0.15, 0.2) is 0 Å². The van der Waals surface area contributed by atoms with Gasteiger partial charge < -0.3 is 0 Å². The molecule has 1 saturated heterocycles. The van der Waals surface area contributed by atoms with Gasteiger partial charge >= 0.3 is 0 Å². The van der Waals surface area contributed by atoms with Gasteiger partial charge in [-0.15, -0.1) is 0 Å². The van der Waals surface area contributed by atoms with Gasteiger partial charge in [-0.3, -0.25) is 0 Å². The smallest absolute Gasteiger partial charge is 0.150 e. The van der Waals surface area contributed by atoms with Gasteiger partial charge in [0, 0.05) is 0 Å². The van der Waals surface area contributed by atoms with Crippen molar-refractivity contribution in [2.45, 2.75) is 44.9 Å². The second kappa shape index (κ2) is 3.26. The lowest BCUT2D eigenvalue weighted by Gasteiger charge is -2.40. The van der Waals surface area contributed by atoms with E-state index in [-0.39, 0.29) is 0 Å². The van der Waals surface area contributed by atoms with Crippen molar-refractivity contribution in [2.24, 2.45) is 5.41 Å². The molecule has 0 radical (unpaired) electrons. The Labute approximate surface area is 80.6 Å². The summed E-state index contributed by atoms with van der Waals surface area (Å²) in [6.45, 7) is 0. The van der Waals surface area contributed by atoms with E-state index < -0.39 is 9.84 Å². The molecule has 0 aromatic carbocycles. The molecule has 76 valence electrons. The Morgan fingerprint density at radius 3 is 1.85 bits per heavy atom. The van der Waals surface area contributed by atoms with Crippen LogP contribution < -0.4 is 0 Å². The van der Waals surface area contributed by atoms with E-state index in [1.54, 1.807) is 0 Å². The van der Waals surface area contributed by atoms with Crippen LogP contribution in [0.3, 0.4) is 0 Å². The molecule has 1 aliphatic carbocycles. The second-order valence-corrected chi connectivity index (χ2v) is 7.02. The van der Waals surface area contributed by atoms with Crippen molar-refractivity contribution in [1.29, 1.82) is 0 Å². The highest BCUT2D eigenvalue weighted by molar-refractivity contribution is 7.91. The summed E-state index contributed by atoms with van der Waals surface area (Å²) < 4.78 is 22.6. The van der Waals surface area contributed by atoms with Crippen molar-refractivity contribution in [1.82, 2.24) is 0 Å². The maximum atomic E-state index is 11.3. The van der Waals surface area contributed by atoms with Crippen LogP contribution in [0.5, 0.6) is 0 Å². The van der Waals surface area contributed by atoms with Crippen LogP contribution in [0.2, 0.25) is 0 Å². The van der Waals surface area contributed by atoms with Crippen molar-refractivity contribution in [3.8, 4) is 0 Å². The molecule has 1 heterocycles. The Kier molecular flexibility index (Phi) is 2.39. The quantitative estimate of drug-likeness (QED) is 0.603. The lowest BCUT2D eigenvalue weighted by Crippen LogP contribution is -2.35. The van der Waals surface area contributed by atoms with Gasteiger partial charge in [-0.1, -0.05) is 19.3 Å². The molecule has 2 rings (SSSR count). The molecule has 0 N–H and O–H groups in total. The molecular formula is C10H18O2S. The zero-order valence-electron chi connectivity index (χ0n) is 8.09. The molecule has 0 aromatic rings. The first kappa shape index (κ1) is 9.50. The van der Waals surface area contributed by atoms with Crippen LogP contribution in [0.4, 0.5) is 0 Å². The highest BCUT2D eigenvalue weighted by Gasteiger charge is 2.37. The SMILES string of the molecule is O=S1(=O)CCC2(CCCCC2)CC1. The number of sulfone groups is 1. The Hall–Kier alpha value is -0.0500. The largest absolute Gasteiger partial charge is 0.229 e. The predicted molar refractivity (Wildman–Crippen MR) is 53.4 cm³/mol. The van der Waals surface area contributed by atoms with E-state index in [1.165, 1.54) is 32.1 Å². The van der Waals surface area contributed by atoms with E-state index in [1.807, 2.05) is 0 Å². The molecule has 2 nitrogen and oxygen atoms in total. The maximum absolute atomic E-state index is 11.3. The second-order valence-electron chi connectivity index (χ2n) is 4.71. The zero-order chi connectivity index (χ0) is 9.36. The van der Waals surface area contributed by atoms with Gasteiger partial charge in [-0.2, -0.15) is 0 Å². The molecule has 0 aromatic heterocycles. The topological polar surface area (TPSA) is 34.1 Å². The Morgan fingerprint density at radius 1 is 0.769 bits per heavy atom. The van der Waals surface area contributed by atoms with Crippen molar-refractivity contribution < 1.29 is 8.42 Å². The molecule has 0 amide bonds. The summed E-state index contributed by atoms with van der Waals surface area (Å²) in [5.41, 5.74) is 0.434. The molecule has 1 aliphatic heterocycles. The third kappa shape index (κ3) is 2.06. The van der Waals surface area contributed by atoms with Gasteiger partial charge in [0.1, 0.15) is 9.84 Å². The van der Waals surface area contributed by atoms with Gasteiger partial charge in [-0.05, 0) is 31.1 Å². The Balaban J connectivity index is 2.03. The Morgan fingerprint density at radius 2 is 1.31 bits per heavy atom. The lowest BCUT2D eigenvalue weighted by atomic mass is 9.70. The fraction of sp³-hybridized carbons (Fsp3) is 1.00. The van der Waals surface area contributed by atoms with Crippen LogP contribution >= 0.6 is 0 Å². The minimum Gasteiger partial charge on any atom is -0.229 e. The molecule has 13 heavy (non-hydrogen) atoms. The molecule has 1 saturated carbocycles. The normalized spacial score (nSPS) is 31.7. The molecule has 3 heteroatoms. The Bertz CT molecular complexity index is 257. The average Bonchev–Trinajstić information content (AvgIpc) is 2.13. The molecule has 2 fully saturated rings. The first-order valence-electron chi connectivity index (χ1n) is 5.32. The van der Waals surface area contributed by atoms with Crippen molar-refractivity contribution in [3.05, 3.63) is 0 Å². The lowest BCUT2D eigenvalue weighted by molar-refractivity contribution is 0.169. The highest BCUT2D eigenvalue weighted by Crippen LogP contribution is 2.44. The fourth-order valence-corrected chi connectivity index (χ4v) is 4.47. The fourth-order valence-electron chi connectivity index (χ4n) is 2.77. The number of hydrogen-bond donors (Lipinski definition) is 0. The minimum atomic E-state index is -2.66. The van der Waals surface area contributed by atoms with E-state index >= 15 is 0 Å². The molecule has 2 aliphatic rings. The van der Waals surface area contributed by atoms with Crippen LogP contribution in [-0.2, 0) is 9.84 Å². The van der Waals surface area contributed by atoms with Crippen LogP contribution in [0, 0.1) is 5.41 Å². The standard InChI is InChI=1S/C10H18O2S/c11-13(12)8-6-10(7-9-13)4-2-1-3-5-10/h1-9H2. The summed E-state index contributed by atoms with van der Waals surface area (Å²) in [4.78, 5) is 0. The summed E-state index contributed by atoms with van der Waals surface area (Å²) >= 11 is 0. The average molecular weight is 202 g/mol. The van der Waals surface area contributed by atoms with Crippen molar-refractivity contribution in [3.63, 3.8) is 0 Å². The molecule has 0 bridgehead atoms. The van der Waals surface area contributed by atoms with Gasteiger partial charge in [-0.25, -0.2) is 8.42 Å². The zero-order valence-corrected chi connectivity index (χ0v) is 8.91. The first-order chi connectivity index (χ1) is 6.12. The van der Waals surface area contributed by atoms with Gasteiger partial charge in [0.25, 0.3) is 0 Å². The highest BCUT2D eigenvalue weighted by atomic mass is 32.2. The molecule has 1 spiro atoms. The number of rotatable bonds is 0. The maximum Gasteiger partial charge on any atom is 0.150 e. The van der Waals surface area contributed by atoms with Gasteiger partial charge in [0.2, 0.25) is 0 Å². The summed E-state index contributed by atoms with van der Waals surface area (Å²) in [6.07, 6.45) is 8.43. The van der Waals surface area contributed by atoms with Gasteiger partial charge in [0.05, 0.1) is 11.5 Å². The summed E-state index contributed by atoms with van der Waals surface area (Å²) in [7, 11) is -2.66. The van der Waals surface area contributed by atoms with Crippen LogP contribution in [-0.4, -0.2) is 19.9 Å². The van der Waals surface area contributed by atoms with E-state index in [4.69, 9.17) is 0 Å². The third-order valence-corrected chi connectivity index (χ3v) is 5.45. The summed E-state index contributed by atoms with van der Waals surface area (Å²) in [6, 6.07) is 0. The molecule has 0 unspecified atom stereocenters. The summed E-state index contributed by atoms with van der Waals surface area (Å²) in [5, 5.41) is 0. The van der Waals surface area contributed by atoms with Crippen molar-refractivity contribution >= 4 is 9.84 Å². The van der Waals surface area contributed by atoms with Gasteiger partial charge in [0.15, 0.2) is 0 Å². The van der Waals surface area contributed by atoms with E-state index in [9.17, 15) is 8.42 Å². The predicted octanol–water partition coefficient (Wildman–Crippen LogP) is 2.15. The monoisotopic (exact) mass is 202 g/mol. The van der Waals surface area contributed by atoms with Crippen LogP contribution in [0.1, 0.15) is 44.9 Å². The van der Waals surface area contributed by atoms with E-state index in [0.717, 1.165) is 12.8 Å². The van der Waals surface area contributed by atoms with E-state index in [0.29, 0.717) is 16.9 Å². The minimum absolute atomic E-state index is 0.434. The summed E-state index contributed by atoms with van der Waals surface area (Å²) in [5.74, 6) is 0.903. The van der Waals surface area contributed by atoms with Crippen molar-refractivity contribution in [2.75, 3.05) is 11.5 Å². The molecular weight excluding hydrogens is 184 g/mol. The number of hydrogen-bond acceptors (Lipinski definition) is 2. The van der Waals surface area contributed by atoms with Crippen LogP contribution in [0.25, 0.3) is 0 Å². The first-order valence-corrected chi connectivity index (χ1v) is 7.15. The van der Waals surface area contributed by atoms with E-state index in [2.05, 4.69) is 0 Å².